The highest BCUT2D eigenvalue weighted by Gasteiger charge is 2.18. The first-order valence-electron chi connectivity index (χ1n) is 9.14. The summed E-state index contributed by atoms with van der Waals surface area (Å²) in [5.74, 6) is 2.04. The van der Waals surface area contributed by atoms with Gasteiger partial charge in [0.25, 0.3) is 0 Å². The first kappa shape index (κ1) is 18.6. The average molecular weight is 374 g/mol. The third-order valence-electron chi connectivity index (χ3n) is 4.51. The molecule has 140 valence electrons. The number of hydrogen-bond donors (Lipinski definition) is 2. The molecule has 1 aromatic carbocycles. The van der Waals surface area contributed by atoms with Crippen molar-refractivity contribution >= 4 is 17.3 Å². The molecule has 1 fully saturated rings. The second-order valence-electron chi connectivity index (χ2n) is 6.47. The van der Waals surface area contributed by atoms with Crippen LogP contribution >= 0.6 is 11.3 Å². The molecule has 3 N–H and O–H groups in total. The van der Waals surface area contributed by atoms with E-state index in [1.165, 1.54) is 17.7 Å². The number of ether oxygens (including phenoxy) is 2. The van der Waals surface area contributed by atoms with Gasteiger partial charge in [0.15, 0.2) is 17.5 Å². The Labute approximate surface area is 159 Å². The van der Waals surface area contributed by atoms with Gasteiger partial charge >= 0.3 is 0 Å². The molecule has 0 spiro atoms. The molecule has 1 aromatic heterocycles. The number of hydrogen-bond acceptors (Lipinski definition) is 4. The molecule has 0 radical (unpaired) electrons. The Hall–Kier alpha value is -2.21. The second kappa shape index (κ2) is 9.48. The maximum atomic E-state index is 6.13. The Kier molecular flexibility index (Phi) is 6.77. The predicted octanol–water partition coefficient (Wildman–Crippen LogP) is 3.73. The summed E-state index contributed by atoms with van der Waals surface area (Å²) in [4.78, 5) is 5.77. The molecule has 26 heavy (non-hydrogen) atoms. The molecule has 0 atom stereocenters. The van der Waals surface area contributed by atoms with E-state index < -0.39 is 0 Å². The van der Waals surface area contributed by atoms with E-state index >= 15 is 0 Å². The summed E-state index contributed by atoms with van der Waals surface area (Å²) in [5, 5.41) is 5.25. The van der Waals surface area contributed by atoms with Crippen LogP contribution in [0.4, 0.5) is 0 Å². The van der Waals surface area contributed by atoms with Crippen molar-refractivity contribution < 1.29 is 9.47 Å². The maximum absolute atomic E-state index is 6.13. The Balaban J connectivity index is 1.54. The first-order valence-corrected chi connectivity index (χ1v) is 10.0. The molecule has 0 unspecified atom stereocenters. The van der Waals surface area contributed by atoms with Gasteiger partial charge in [0.2, 0.25) is 0 Å². The van der Waals surface area contributed by atoms with E-state index in [9.17, 15) is 0 Å². The Morgan fingerprint density at radius 3 is 2.85 bits per heavy atom. The zero-order valence-corrected chi connectivity index (χ0v) is 16.1. The molecule has 0 saturated heterocycles. The van der Waals surface area contributed by atoms with Gasteiger partial charge in [-0.3, -0.25) is 0 Å². The van der Waals surface area contributed by atoms with Crippen LogP contribution < -0.4 is 20.5 Å². The summed E-state index contributed by atoms with van der Waals surface area (Å²) in [6.07, 6.45) is 5.97. The summed E-state index contributed by atoms with van der Waals surface area (Å²) in [5.41, 5.74) is 7.03. The monoisotopic (exact) mass is 373 g/mol. The zero-order chi connectivity index (χ0) is 18.2. The maximum Gasteiger partial charge on any atom is 0.188 e. The van der Waals surface area contributed by atoms with E-state index in [-0.39, 0.29) is 0 Å². The SMILES string of the molecule is COc1ccc(CN=C(N)NCCc2cccs2)cc1OC1CCCC1. The number of aliphatic imine (C=N–C) groups is 1. The van der Waals surface area contributed by atoms with E-state index in [0.717, 1.165) is 42.9 Å². The van der Waals surface area contributed by atoms with Gasteiger partial charge in [-0.25, -0.2) is 4.99 Å². The molecule has 1 aliphatic carbocycles. The lowest BCUT2D eigenvalue weighted by atomic mass is 10.2. The standard InChI is InChI=1S/C20H27N3O2S/c1-24-18-9-8-15(13-19(18)25-16-5-2-3-6-16)14-23-20(21)22-11-10-17-7-4-12-26-17/h4,7-9,12-13,16H,2-3,5-6,10-11,14H2,1H3,(H3,21,22,23). The summed E-state index contributed by atoms with van der Waals surface area (Å²) < 4.78 is 11.6. The average Bonchev–Trinajstić information content (AvgIpc) is 3.34. The summed E-state index contributed by atoms with van der Waals surface area (Å²) in [6, 6.07) is 10.1. The van der Waals surface area contributed by atoms with Crippen molar-refractivity contribution in [2.75, 3.05) is 13.7 Å². The highest BCUT2D eigenvalue weighted by molar-refractivity contribution is 7.09. The second-order valence-corrected chi connectivity index (χ2v) is 7.50. The summed E-state index contributed by atoms with van der Waals surface area (Å²) in [7, 11) is 1.67. The number of thiophene rings is 1. The molecule has 0 aliphatic heterocycles. The Morgan fingerprint density at radius 2 is 2.12 bits per heavy atom. The van der Waals surface area contributed by atoms with Crippen LogP contribution in [0.5, 0.6) is 11.5 Å². The molecule has 6 heteroatoms. The number of nitrogens with zero attached hydrogens (tertiary/aromatic N) is 1. The van der Waals surface area contributed by atoms with Gasteiger partial charge in [-0.05, 0) is 61.2 Å². The van der Waals surface area contributed by atoms with Crippen molar-refractivity contribution in [1.82, 2.24) is 5.32 Å². The third kappa shape index (κ3) is 5.39. The lowest BCUT2D eigenvalue weighted by molar-refractivity contribution is 0.200. The van der Waals surface area contributed by atoms with Crippen LogP contribution in [-0.4, -0.2) is 25.7 Å². The lowest BCUT2D eigenvalue weighted by Gasteiger charge is -2.16. The first-order chi connectivity index (χ1) is 12.7. The van der Waals surface area contributed by atoms with Gasteiger partial charge in [0.1, 0.15) is 0 Å². The third-order valence-corrected chi connectivity index (χ3v) is 5.45. The van der Waals surface area contributed by atoms with E-state index in [1.807, 2.05) is 18.2 Å². The van der Waals surface area contributed by atoms with Crippen LogP contribution in [0.1, 0.15) is 36.1 Å². The minimum absolute atomic E-state index is 0.298. The van der Waals surface area contributed by atoms with Crippen LogP contribution in [0, 0.1) is 0 Å². The van der Waals surface area contributed by atoms with Gasteiger partial charge < -0.3 is 20.5 Å². The molecule has 0 bridgehead atoms. The largest absolute Gasteiger partial charge is 0.493 e. The van der Waals surface area contributed by atoms with E-state index in [0.29, 0.717) is 18.6 Å². The molecule has 5 nitrogen and oxygen atoms in total. The smallest absolute Gasteiger partial charge is 0.188 e. The van der Waals surface area contributed by atoms with E-state index in [4.69, 9.17) is 15.2 Å². The molecule has 1 heterocycles. The molecule has 3 rings (SSSR count). The minimum Gasteiger partial charge on any atom is -0.493 e. The zero-order valence-electron chi connectivity index (χ0n) is 15.2. The van der Waals surface area contributed by atoms with Crippen LogP contribution in [0.15, 0.2) is 40.7 Å². The Morgan fingerprint density at radius 1 is 1.27 bits per heavy atom. The predicted molar refractivity (Wildman–Crippen MR) is 107 cm³/mol. The number of guanidine groups is 1. The van der Waals surface area contributed by atoms with Gasteiger partial charge in [0.05, 0.1) is 19.8 Å². The number of nitrogens with one attached hydrogen (secondary N) is 1. The van der Waals surface area contributed by atoms with Gasteiger partial charge in [-0.15, -0.1) is 11.3 Å². The molecular formula is C20H27N3O2S. The number of rotatable bonds is 8. The van der Waals surface area contributed by atoms with Crippen molar-refractivity contribution in [3.05, 3.63) is 46.2 Å². The fourth-order valence-corrected chi connectivity index (χ4v) is 3.81. The van der Waals surface area contributed by atoms with Crippen molar-refractivity contribution in [2.24, 2.45) is 10.7 Å². The van der Waals surface area contributed by atoms with Crippen molar-refractivity contribution in [1.29, 1.82) is 0 Å². The number of methoxy groups -OCH3 is 1. The van der Waals surface area contributed by atoms with Gasteiger partial charge in [-0.2, -0.15) is 0 Å². The van der Waals surface area contributed by atoms with Crippen LogP contribution in [0.3, 0.4) is 0 Å². The van der Waals surface area contributed by atoms with Gasteiger partial charge in [-0.1, -0.05) is 12.1 Å². The minimum atomic E-state index is 0.298. The van der Waals surface area contributed by atoms with Crippen LogP contribution in [0.25, 0.3) is 0 Å². The topological polar surface area (TPSA) is 68.9 Å². The number of nitrogens with two attached hydrogens (primary N) is 1. The van der Waals surface area contributed by atoms with E-state index in [1.54, 1.807) is 18.4 Å². The number of benzene rings is 1. The summed E-state index contributed by atoms with van der Waals surface area (Å²) in [6.45, 7) is 1.30. The van der Waals surface area contributed by atoms with Crippen molar-refractivity contribution in [3.8, 4) is 11.5 Å². The van der Waals surface area contributed by atoms with Crippen LogP contribution in [-0.2, 0) is 13.0 Å². The summed E-state index contributed by atoms with van der Waals surface area (Å²) >= 11 is 1.76. The van der Waals surface area contributed by atoms with E-state index in [2.05, 4.69) is 27.8 Å². The Bertz CT molecular complexity index is 710. The fraction of sp³-hybridized carbons (Fsp3) is 0.450. The molecule has 0 amide bonds. The molecule has 2 aromatic rings. The molecule has 1 aliphatic rings. The molecular weight excluding hydrogens is 346 g/mol. The fourth-order valence-electron chi connectivity index (χ4n) is 3.10. The highest BCUT2D eigenvalue weighted by atomic mass is 32.1. The lowest BCUT2D eigenvalue weighted by Crippen LogP contribution is -2.33. The normalized spacial score (nSPS) is 15.2. The van der Waals surface area contributed by atoms with Crippen molar-refractivity contribution in [3.63, 3.8) is 0 Å². The highest BCUT2D eigenvalue weighted by Crippen LogP contribution is 2.32. The van der Waals surface area contributed by atoms with Crippen LogP contribution in [0.2, 0.25) is 0 Å². The quantitative estimate of drug-likeness (QED) is 0.546. The van der Waals surface area contributed by atoms with Gasteiger partial charge in [0, 0.05) is 11.4 Å². The van der Waals surface area contributed by atoms with Crippen molar-refractivity contribution in [2.45, 2.75) is 44.8 Å². The molecule has 1 saturated carbocycles.